The summed E-state index contributed by atoms with van der Waals surface area (Å²) < 4.78 is 0. The van der Waals surface area contributed by atoms with E-state index >= 15 is 0 Å². The molecule has 23 heavy (non-hydrogen) atoms. The van der Waals surface area contributed by atoms with Gasteiger partial charge in [0.15, 0.2) is 0 Å². The molecular formula is C21H27NO. The van der Waals surface area contributed by atoms with Gasteiger partial charge in [-0.25, -0.2) is 0 Å². The average molecular weight is 309 g/mol. The number of hydrogen-bond acceptors (Lipinski definition) is 1. The second-order valence-electron chi connectivity index (χ2n) is 6.06. The lowest BCUT2D eigenvalue weighted by molar-refractivity contribution is -0.114. The van der Waals surface area contributed by atoms with E-state index in [1.165, 1.54) is 41.5 Å². The molecule has 0 aliphatic heterocycles. The van der Waals surface area contributed by atoms with Crippen molar-refractivity contribution in [3.8, 4) is 11.1 Å². The fourth-order valence-electron chi connectivity index (χ4n) is 2.82. The molecule has 0 spiro atoms. The highest BCUT2D eigenvalue weighted by Crippen LogP contribution is 2.26. The van der Waals surface area contributed by atoms with E-state index in [2.05, 4.69) is 55.6 Å². The normalized spacial score (nSPS) is 10.6. The number of rotatable bonds is 7. The Morgan fingerprint density at radius 1 is 0.957 bits per heavy atom. The van der Waals surface area contributed by atoms with E-state index in [4.69, 9.17) is 0 Å². The molecule has 0 aromatic heterocycles. The molecule has 0 atom stereocenters. The van der Waals surface area contributed by atoms with Crippen molar-refractivity contribution in [2.45, 2.75) is 52.9 Å². The van der Waals surface area contributed by atoms with Crippen LogP contribution in [0.25, 0.3) is 11.1 Å². The van der Waals surface area contributed by atoms with Crippen LogP contribution in [0.15, 0.2) is 42.5 Å². The Morgan fingerprint density at radius 2 is 1.65 bits per heavy atom. The number of nitrogens with one attached hydrogen (secondary N) is 1. The maximum Gasteiger partial charge on any atom is 0.221 e. The fraction of sp³-hybridized carbons (Fsp3) is 0.381. The zero-order valence-electron chi connectivity index (χ0n) is 14.5. The van der Waals surface area contributed by atoms with Crippen LogP contribution in [-0.4, -0.2) is 5.91 Å². The molecule has 2 heteroatoms. The molecule has 0 saturated carbocycles. The van der Waals surface area contributed by atoms with Crippen LogP contribution < -0.4 is 5.32 Å². The van der Waals surface area contributed by atoms with Crippen LogP contribution in [-0.2, 0) is 17.6 Å². The summed E-state index contributed by atoms with van der Waals surface area (Å²) in [7, 11) is 0. The number of carbonyl (C=O) groups excluding carboxylic acids is 1. The second-order valence-corrected chi connectivity index (χ2v) is 6.06. The first-order valence-electron chi connectivity index (χ1n) is 8.63. The first kappa shape index (κ1) is 17.3. The lowest BCUT2D eigenvalue weighted by Crippen LogP contribution is -2.07. The van der Waals surface area contributed by atoms with Gasteiger partial charge in [-0.15, -0.1) is 0 Å². The second kappa shape index (κ2) is 8.52. The lowest BCUT2D eigenvalue weighted by atomic mass is 9.98. The van der Waals surface area contributed by atoms with Crippen molar-refractivity contribution in [1.82, 2.24) is 0 Å². The smallest absolute Gasteiger partial charge is 0.221 e. The zero-order valence-corrected chi connectivity index (χ0v) is 14.5. The molecule has 2 rings (SSSR count). The summed E-state index contributed by atoms with van der Waals surface area (Å²) in [6.45, 7) is 5.89. The predicted molar refractivity (Wildman–Crippen MR) is 98.8 cm³/mol. The highest BCUT2D eigenvalue weighted by Gasteiger charge is 2.06. The Hall–Kier alpha value is -2.09. The number of carbonyl (C=O) groups is 1. The Bertz CT molecular complexity index is 643. The van der Waals surface area contributed by atoms with Crippen molar-refractivity contribution in [2.75, 3.05) is 5.32 Å². The minimum Gasteiger partial charge on any atom is -0.326 e. The third-order valence-electron chi connectivity index (χ3n) is 4.15. The highest BCUT2D eigenvalue weighted by molar-refractivity contribution is 5.90. The number of unbranched alkanes of at least 4 members (excludes halogenated alkanes) is 2. The number of anilines is 1. The van der Waals surface area contributed by atoms with Crippen LogP contribution in [0.4, 0.5) is 5.69 Å². The van der Waals surface area contributed by atoms with E-state index < -0.39 is 0 Å². The zero-order chi connectivity index (χ0) is 16.7. The van der Waals surface area contributed by atoms with Crippen molar-refractivity contribution < 1.29 is 4.79 Å². The molecule has 0 heterocycles. The summed E-state index contributed by atoms with van der Waals surface area (Å²) in [6.07, 6.45) is 5.89. The molecule has 0 unspecified atom stereocenters. The molecule has 2 nitrogen and oxygen atoms in total. The molecule has 0 aliphatic carbocycles. The maximum absolute atomic E-state index is 11.3. The van der Waals surface area contributed by atoms with Crippen molar-refractivity contribution in [3.63, 3.8) is 0 Å². The highest BCUT2D eigenvalue weighted by atomic mass is 16.1. The molecule has 0 saturated heterocycles. The first-order chi connectivity index (χ1) is 11.1. The SMILES string of the molecule is CCCCCc1ccc(-c2ccc(NC(C)=O)c(CC)c2)cc1. The molecule has 2 aromatic carbocycles. The van der Waals surface area contributed by atoms with Crippen molar-refractivity contribution >= 4 is 11.6 Å². The summed E-state index contributed by atoms with van der Waals surface area (Å²) in [6, 6.07) is 15.1. The monoisotopic (exact) mass is 309 g/mol. The predicted octanol–water partition coefficient (Wildman–Crippen LogP) is 5.61. The Kier molecular flexibility index (Phi) is 6.40. The summed E-state index contributed by atoms with van der Waals surface area (Å²) in [5, 5.41) is 2.90. The molecule has 1 amide bonds. The molecule has 0 fully saturated rings. The molecule has 0 radical (unpaired) electrons. The van der Waals surface area contributed by atoms with Gasteiger partial charge in [-0.3, -0.25) is 4.79 Å². The third kappa shape index (κ3) is 4.95. The van der Waals surface area contributed by atoms with Gasteiger partial charge in [0.25, 0.3) is 0 Å². The number of hydrogen-bond donors (Lipinski definition) is 1. The van der Waals surface area contributed by atoms with E-state index in [-0.39, 0.29) is 5.91 Å². The quantitative estimate of drug-likeness (QED) is 0.662. The van der Waals surface area contributed by atoms with Gasteiger partial charge in [0.1, 0.15) is 0 Å². The first-order valence-corrected chi connectivity index (χ1v) is 8.63. The number of aryl methyl sites for hydroxylation is 2. The molecule has 0 bridgehead atoms. The van der Waals surface area contributed by atoms with Gasteiger partial charge in [-0.1, -0.05) is 57.0 Å². The van der Waals surface area contributed by atoms with E-state index in [0.717, 1.165) is 18.5 Å². The Balaban J connectivity index is 2.16. The van der Waals surface area contributed by atoms with Gasteiger partial charge in [-0.05, 0) is 53.6 Å². The van der Waals surface area contributed by atoms with Gasteiger partial charge < -0.3 is 5.32 Å². The number of benzene rings is 2. The van der Waals surface area contributed by atoms with E-state index in [1.807, 2.05) is 6.07 Å². The minimum absolute atomic E-state index is 0.0242. The summed E-state index contributed by atoms with van der Waals surface area (Å²) >= 11 is 0. The van der Waals surface area contributed by atoms with E-state index in [0.29, 0.717) is 0 Å². The topological polar surface area (TPSA) is 29.1 Å². The lowest BCUT2D eigenvalue weighted by Gasteiger charge is -2.11. The summed E-state index contributed by atoms with van der Waals surface area (Å²) in [5.74, 6) is -0.0242. The molecular weight excluding hydrogens is 282 g/mol. The third-order valence-corrected chi connectivity index (χ3v) is 4.15. The van der Waals surface area contributed by atoms with Gasteiger partial charge in [-0.2, -0.15) is 0 Å². The van der Waals surface area contributed by atoms with Gasteiger partial charge in [0.05, 0.1) is 0 Å². The van der Waals surface area contributed by atoms with Crippen LogP contribution in [0.1, 0.15) is 51.2 Å². The van der Waals surface area contributed by atoms with Crippen LogP contribution in [0.5, 0.6) is 0 Å². The van der Waals surface area contributed by atoms with Crippen LogP contribution >= 0.6 is 0 Å². The average Bonchev–Trinajstić information content (AvgIpc) is 2.56. The van der Waals surface area contributed by atoms with Gasteiger partial charge in [0, 0.05) is 12.6 Å². The van der Waals surface area contributed by atoms with E-state index in [1.54, 1.807) is 6.92 Å². The van der Waals surface area contributed by atoms with Crippen LogP contribution in [0, 0.1) is 0 Å². The van der Waals surface area contributed by atoms with Crippen LogP contribution in [0.3, 0.4) is 0 Å². The fourth-order valence-corrected chi connectivity index (χ4v) is 2.82. The number of amides is 1. The molecule has 2 aromatic rings. The van der Waals surface area contributed by atoms with E-state index in [9.17, 15) is 4.79 Å². The molecule has 1 N–H and O–H groups in total. The van der Waals surface area contributed by atoms with Crippen molar-refractivity contribution in [3.05, 3.63) is 53.6 Å². The largest absolute Gasteiger partial charge is 0.326 e. The minimum atomic E-state index is -0.0242. The van der Waals surface area contributed by atoms with Gasteiger partial charge >= 0.3 is 0 Å². The van der Waals surface area contributed by atoms with Crippen LogP contribution in [0.2, 0.25) is 0 Å². The van der Waals surface area contributed by atoms with Crippen molar-refractivity contribution in [2.24, 2.45) is 0 Å². The molecule has 122 valence electrons. The van der Waals surface area contributed by atoms with Gasteiger partial charge in [0.2, 0.25) is 5.91 Å². The molecule has 0 aliphatic rings. The summed E-state index contributed by atoms with van der Waals surface area (Å²) in [5.41, 5.74) is 5.93. The summed E-state index contributed by atoms with van der Waals surface area (Å²) in [4.78, 5) is 11.3. The maximum atomic E-state index is 11.3. The van der Waals surface area contributed by atoms with Crippen molar-refractivity contribution in [1.29, 1.82) is 0 Å². The Morgan fingerprint density at radius 3 is 2.26 bits per heavy atom. The standard InChI is InChI=1S/C21H27NO/c1-4-6-7-8-17-9-11-19(12-10-17)20-13-14-21(22-16(3)23)18(5-2)15-20/h9-15H,4-8H2,1-3H3,(H,22,23). The Labute approximate surface area is 139 Å².